The number of halogens is 4. The van der Waals surface area contributed by atoms with Gasteiger partial charge in [0, 0.05) is 42.8 Å². The molecule has 0 bridgehead atoms. The van der Waals surface area contributed by atoms with Crippen molar-refractivity contribution in [1.82, 2.24) is 9.80 Å². The van der Waals surface area contributed by atoms with E-state index in [0.717, 1.165) is 29.6 Å². The summed E-state index contributed by atoms with van der Waals surface area (Å²) in [7, 11) is 0. The van der Waals surface area contributed by atoms with E-state index in [1.807, 2.05) is 17.0 Å². The fourth-order valence-corrected chi connectivity index (χ4v) is 4.56. The second kappa shape index (κ2) is 8.81. The smallest absolute Gasteiger partial charge is 0.251 e. The van der Waals surface area contributed by atoms with E-state index in [1.165, 1.54) is 12.1 Å². The molecule has 2 aliphatic heterocycles. The van der Waals surface area contributed by atoms with Crippen LogP contribution in [0.4, 0.5) is 10.1 Å². The summed E-state index contributed by atoms with van der Waals surface area (Å²) >= 11 is 18.0. The molecule has 0 unspecified atom stereocenters. The van der Waals surface area contributed by atoms with Crippen molar-refractivity contribution in [2.24, 2.45) is 0 Å². The quantitative estimate of drug-likeness (QED) is 0.627. The molecule has 30 heavy (non-hydrogen) atoms. The normalized spacial score (nSPS) is 20.9. The average Bonchev–Trinajstić information content (AvgIpc) is 3.01. The van der Waals surface area contributed by atoms with E-state index in [1.54, 1.807) is 6.07 Å². The van der Waals surface area contributed by atoms with Crippen molar-refractivity contribution in [3.8, 4) is 0 Å². The van der Waals surface area contributed by atoms with Crippen molar-refractivity contribution >= 4 is 52.3 Å². The van der Waals surface area contributed by atoms with E-state index < -0.39 is 11.9 Å². The summed E-state index contributed by atoms with van der Waals surface area (Å²) in [5.41, 5.74) is 1.30. The average molecular weight is 471 g/mol. The van der Waals surface area contributed by atoms with Gasteiger partial charge in [-0.1, -0.05) is 40.9 Å². The molecule has 2 amide bonds. The first-order valence-corrected chi connectivity index (χ1v) is 10.7. The third kappa shape index (κ3) is 4.34. The van der Waals surface area contributed by atoms with Crippen molar-refractivity contribution in [2.45, 2.75) is 19.0 Å². The van der Waals surface area contributed by atoms with Gasteiger partial charge in [-0.2, -0.15) is 0 Å². The maximum atomic E-state index is 13.4. The first-order chi connectivity index (χ1) is 14.3. The molecule has 158 valence electrons. The van der Waals surface area contributed by atoms with Gasteiger partial charge in [-0.25, -0.2) is 9.29 Å². The molecule has 2 aromatic rings. The molecule has 2 fully saturated rings. The Morgan fingerprint density at radius 2 is 1.67 bits per heavy atom. The number of rotatable bonds is 4. The Morgan fingerprint density at radius 1 is 0.933 bits per heavy atom. The van der Waals surface area contributed by atoms with Gasteiger partial charge in [0.1, 0.15) is 5.82 Å². The number of carbonyl (C=O) groups excluding carboxylic acids is 2. The Hall–Kier alpha value is -1.70. The van der Waals surface area contributed by atoms with Crippen molar-refractivity contribution in [3.63, 3.8) is 0 Å². The standard InChI is InChI=1S/C21H19Cl3FN3O2/c22-14-2-1-13(16(23)9-14)12-26-5-7-27(8-6-26)19-11-20(29)28(21(19)30)15-3-4-18(25)17(24)10-15/h1-4,9-10,19H,5-8,11-12H2/t19-/m1/s1. The predicted molar refractivity (Wildman–Crippen MR) is 116 cm³/mol. The van der Waals surface area contributed by atoms with Gasteiger partial charge in [-0.05, 0) is 35.9 Å². The van der Waals surface area contributed by atoms with Crippen LogP contribution in [0.25, 0.3) is 0 Å². The molecule has 0 N–H and O–H groups in total. The topological polar surface area (TPSA) is 43.9 Å². The van der Waals surface area contributed by atoms with Crippen LogP contribution in [0.1, 0.15) is 12.0 Å². The van der Waals surface area contributed by atoms with Crippen molar-refractivity contribution in [3.05, 3.63) is 62.8 Å². The Balaban J connectivity index is 1.39. The van der Waals surface area contributed by atoms with Gasteiger partial charge in [0.05, 0.1) is 23.2 Å². The van der Waals surface area contributed by atoms with Crippen LogP contribution in [0.3, 0.4) is 0 Å². The SMILES string of the molecule is O=C1C[C@@H](N2CCN(Cc3ccc(Cl)cc3Cl)CC2)C(=O)N1c1ccc(F)c(Cl)c1. The molecule has 5 nitrogen and oxygen atoms in total. The number of amides is 2. The minimum Gasteiger partial charge on any atom is -0.296 e. The third-order valence-corrected chi connectivity index (χ3v) is 6.42. The molecule has 4 rings (SSSR count). The molecule has 0 aliphatic carbocycles. The van der Waals surface area contributed by atoms with Crippen LogP contribution in [-0.4, -0.2) is 53.8 Å². The van der Waals surface area contributed by atoms with Crippen molar-refractivity contribution in [1.29, 1.82) is 0 Å². The zero-order valence-electron chi connectivity index (χ0n) is 16.0. The lowest BCUT2D eigenvalue weighted by Gasteiger charge is -2.37. The fraction of sp³-hybridized carbons (Fsp3) is 0.333. The van der Waals surface area contributed by atoms with Crippen molar-refractivity contribution < 1.29 is 14.0 Å². The first-order valence-electron chi connectivity index (χ1n) is 9.55. The van der Waals surface area contributed by atoms with Crippen LogP contribution >= 0.6 is 34.8 Å². The summed E-state index contributed by atoms with van der Waals surface area (Å²) in [4.78, 5) is 30.8. The van der Waals surface area contributed by atoms with E-state index in [-0.39, 0.29) is 23.3 Å². The molecule has 1 atom stereocenters. The van der Waals surface area contributed by atoms with Gasteiger partial charge in [-0.3, -0.25) is 19.4 Å². The summed E-state index contributed by atoms with van der Waals surface area (Å²) < 4.78 is 13.4. The lowest BCUT2D eigenvalue weighted by Crippen LogP contribution is -2.52. The lowest BCUT2D eigenvalue weighted by molar-refractivity contribution is -0.123. The molecular formula is C21H19Cl3FN3O2. The van der Waals surface area contributed by atoms with Crippen LogP contribution in [0.2, 0.25) is 15.1 Å². The van der Waals surface area contributed by atoms with Gasteiger partial charge in [0.2, 0.25) is 5.91 Å². The molecule has 9 heteroatoms. The number of nitrogens with zero attached hydrogens (tertiary/aromatic N) is 3. The van der Waals surface area contributed by atoms with Crippen LogP contribution < -0.4 is 4.90 Å². The third-order valence-electron chi connectivity index (χ3n) is 5.54. The van der Waals surface area contributed by atoms with E-state index >= 15 is 0 Å². The highest BCUT2D eigenvalue weighted by Gasteiger charge is 2.43. The number of imide groups is 1. The van der Waals surface area contributed by atoms with Crippen LogP contribution in [0, 0.1) is 5.82 Å². The molecule has 0 saturated carbocycles. The van der Waals surface area contributed by atoms with E-state index in [4.69, 9.17) is 34.8 Å². The highest BCUT2D eigenvalue weighted by Crippen LogP contribution is 2.30. The Morgan fingerprint density at radius 3 is 2.33 bits per heavy atom. The van der Waals surface area contributed by atoms with Gasteiger partial charge < -0.3 is 0 Å². The summed E-state index contributed by atoms with van der Waals surface area (Å²) in [6.45, 7) is 3.51. The molecule has 0 spiro atoms. The maximum absolute atomic E-state index is 13.4. The number of anilines is 1. The molecule has 0 aromatic heterocycles. The zero-order chi connectivity index (χ0) is 21.4. The summed E-state index contributed by atoms with van der Waals surface area (Å²) in [6, 6.07) is 8.82. The largest absolute Gasteiger partial charge is 0.296 e. The van der Waals surface area contributed by atoms with E-state index in [9.17, 15) is 14.0 Å². The van der Waals surface area contributed by atoms with Gasteiger partial charge in [0.15, 0.2) is 0 Å². The summed E-state index contributed by atoms with van der Waals surface area (Å²) in [6.07, 6.45) is 0.108. The fourth-order valence-electron chi connectivity index (χ4n) is 3.92. The molecule has 2 aromatic carbocycles. The van der Waals surface area contributed by atoms with Crippen LogP contribution in [0.15, 0.2) is 36.4 Å². The van der Waals surface area contributed by atoms with E-state index in [0.29, 0.717) is 35.4 Å². The molecule has 0 radical (unpaired) electrons. The monoisotopic (exact) mass is 469 g/mol. The Labute approximate surface area is 188 Å². The number of hydrogen-bond donors (Lipinski definition) is 0. The zero-order valence-corrected chi connectivity index (χ0v) is 18.2. The minimum atomic E-state index is -0.590. The highest BCUT2D eigenvalue weighted by atomic mass is 35.5. The van der Waals surface area contributed by atoms with Gasteiger partial charge in [0.25, 0.3) is 5.91 Å². The highest BCUT2D eigenvalue weighted by molar-refractivity contribution is 6.35. The summed E-state index contributed by atoms with van der Waals surface area (Å²) in [5.74, 6) is -1.19. The molecule has 2 aliphatic rings. The lowest BCUT2D eigenvalue weighted by atomic mass is 10.1. The van der Waals surface area contributed by atoms with Crippen molar-refractivity contribution in [2.75, 3.05) is 31.1 Å². The van der Waals surface area contributed by atoms with Gasteiger partial charge in [-0.15, -0.1) is 0 Å². The van der Waals surface area contributed by atoms with Gasteiger partial charge >= 0.3 is 0 Å². The molecular weight excluding hydrogens is 452 g/mol. The minimum absolute atomic E-state index is 0.108. The van der Waals surface area contributed by atoms with Crippen LogP contribution in [0.5, 0.6) is 0 Å². The predicted octanol–water partition coefficient (Wildman–Crippen LogP) is 4.24. The maximum Gasteiger partial charge on any atom is 0.251 e. The number of benzene rings is 2. The molecule has 2 heterocycles. The Kier molecular flexibility index (Phi) is 6.32. The van der Waals surface area contributed by atoms with E-state index in [2.05, 4.69) is 4.90 Å². The Bertz CT molecular complexity index is 995. The summed E-state index contributed by atoms with van der Waals surface area (Å²) in [5, 5.41) is 1.12. The number of carbonyl (C=O) groups is 2. The molecule has 2 saturated heterocycles. The van der Waals surface area contributed by atoms with Crippen LogP contribution in [-0.2, 0) is 16.1 Å². The second-order valence-corrected chi connectivity index (χ2v) is 8.68. The number of hydrogen-bond acceptors (Lipinski definition) is 4. The first kappa shape index (κ1) is 21.5. The second-order valence-electron chi connectivity index (χ2n) is 7.43. The number of piperazine rings is 1.